The summed E-state index contributed by atoms with van der Waals surface area (Å²) >= 11 is 0. The van der Waals surface area contributed by atoms with Crippen molar-refractivity contribution in [2.75, 3.05) is 11.1 Å². The van der Waals surface area contributed by atoms with Gasteiger partial charge in [0.05, 0.1) is 11.1 Å². The largest absolute Gasteiger partial charge is 0.382 e. The van der Waals surface area contributed by atoms with Gasteiger partial charge in [0.25, 0.3) is 5.56 Å². The van der Waals surface area contributed by atoms with Gasteiger partial charge in [0.2, 0.25) is 0 Å². The molecular weight excluding hydrogens is 462 g/mol. The first kappa shape index (κ1) is 22.7. The van der Waals surface area contributed by atoms with Crippen molar-refractivity contribution in [2.45, 2.75) is 6.54 Å². The summed E-state index contributed by atoms with van der Waals surface area (Å²) in [5.41, 5.74) is 8.63. The second kappa shape index (κ2) is 9.27. The molecule has 0 aliphatic rings. The summed E-state index contributed by atoms with van der Waals surface area (Å²) in [6.45, 7) is 0.0607. The predicted molar refractivity (Wildman–Crippen MR) is 133 cm³/mol. The summed E-state index contributed by atoms with van der Waals surface area (Å²) in [5, 5.41) is 12.6. The molecule has 3 N–H and O–H groups in total. The number of benzene rings is 2. The van der Waals surface area contributed by atoms with Gasteiger partial charge in [0.1, 0.15) is 41.2 Å². The number of aromatic nitrogens is 3. The van der Waals surface area contributed by atoms with E-state index in [0.29, 0.717) is 33.3 Å². The lowest BCUT2D eigenvalue weighted by atomic mass is 9.91. The Bertz CT molecular complexity index is 1690. The lowest BCUT2D eigenvalue weighted by Crippen LogP contribution is -2.21. The first-order valence-electron chi connectivity index (χ1n) is 10.9. The van der Waals surface area contributed by atoms with Crippen molar-refractivity contribution < 1.29 is 8.78 Å². The minimum atomic E-state index is -0.574. The molecule has 176 valence electrons. The Hall–Kier alpha value is -5.10. The Balaban J connectivity index is 1.83. The summed E-state index contributed by atoms with van der Waals surface area (Å²) in [4.78, 5) is 21.7. The summed E-state index contributed by atoms with van der Waals surface area (Å²) in [7, 11) is 0. The standard InChI is InChI=1S/C27H18F2N6O/c28-18-8-6-17(7-9-18)23-21(13-32-26-20(12-30)25(31)33-15-34-26)24(16-4-2-1-3-5-16)27(36)35-14-19(29)10-11-22(23)35/h1-11,14-15H,13H2,(H3,31,32,33,34). The van der Waals surface area contributed by atoms with Gasteiger partial charge in [-0.05, 0) is 41.0 Å². The molecule has 3 heterocycles. The third kappa shape index (κ3) is 4.01. The molecule has 0 saturated heterocycles. The maximum Gasteiger partial charge on any atom is 0.263 e. The zero-order valence-electron chi connectivity index (χ0n) is 18.7. The Morgan fingerprint density at radius 1 is 0.917 bits per heavy atom. The van der Waals surface area contributed by atoms with Crippen LogP contribution in [0.4, 0.5) is 20.4 Å². The topological polar surface area (TPSA) is 109 Å². The van der Waals surface area contributed by atoms with Crippen LogP contribution in [0.2, 0.25) is 0 Å². The lowest BCUT2D eigenvalue weighted by Gasteiger charge is -2.20. The first-order valence-corrected chi connectivity index (χ1v) is 10.9. The molecule has 0 aliphatic heterocycles. The molecule has 0 radical (unpaired) electrons. The van der Waals surface area contributed by atoms with Crippen LogP contribution in [-0.2, 0) is 6.54 Å². The number of nitriles is 1. The fraction of sp³-hybridized carbons (Fsp3) is 0.0370. The van der Waals surface area contributed by atoms with E-state index in [4.69, 9.17) is 5.73 Å². The molecular formula is C27H18F2N6O. The average Bonchev–Trinajstić information content (AvgIpc) is 2.89. The quantitative estimate of drug-likeness (QED) is 0.375. The van der Waals surface area contributed by atoms with Gasteiger partial charge in [0, 0.05) is 18.3 Å². The van der Waals surface area contributed by atoms with E-state index in [1.54, 1.807) is 36.4 Å². The highest BCUT2D eigenvalue weighted by molar-refractivity contribution is 5.89. The Kier molecular flexibility index (Phi) is 5.84. The van der Waals surface area contributed by atoms with E-state index in [1.807, 2.05) is 12.1 Å². The van der Waals surface area contributed by atoms with E-state index in [-0.39, 0.29) is 23.7 Å². The Labute approximate surface area is 204 Å². The third-order valence-electron chi connectivity index (χ3n) is 5.82. The van der Waals surface area contributed by atoms with Crippen LogP contribution in [0.1, 0.15) is 11.1 Å². The van der Waals surface area contributed by atoms with Crippen LogP contribution in [0.15, 0.2) is 84.0 Å². The van der Waals surface area contributed by atoms with Crippen LogP contribution in [0, 0.1) is 23.0 Å². The van der Waals surface area contributed by atoms with Gasteiger partial charge >= 0.3 is 0 Å². The van der Waals surface area contributed by atoms with Crippen LogP contribution < -0.4 is 16.6 Å². The van der Waals surface area contributed by atoms with Crippen molar-refractivity contribution in [3.63, 3.8) is 0 Å². The second-order valence-corrected chi connectivity index (χ2v) is 7.96. The highest BCUT2D eigenvalue weighted by atomic mass is 19.1. The fourth-order valence-electron chi connectivity index (χ4n) is 4.21. The van der Waals surface area contributed by atoms with E-state index < -0.39 is 17.2 Å². The number of nitrogens with zero attached hydrogens (tertiary/aromatic N) is 4. The van der Waals surface area contributed by atoms with Crippen molar-refractivity contribution in [1.82, 2.24) is 14.4 Å². The summed E-state index contributed by atoms with van der Waals surface area (Å²) in [5.74, 6) is -0.769. The van der Waals surface area contributed by atoms with Crippen LogP contribution in [0.5, 0.6) is 0 Å². The van der Waals surface area contributed by atoms with Crippen molar-refractivity contribution in [1.29, 1.82) is 5.26 Å². The lowest BCUT2D eigenvalue weighted by molar-refractivity contribution is 0.618. The molecule has 5 rings (SSSR count). The number of nitrogens with two attached hydrogens (primary N) is 1. The molecule has 5 aromatic rings. The van der Waals surface area contributed by atoms with Crippen LogP contribution >= 0.6 is 0 Å². The molecule has 0 atom stereocenters. The van der Waals surface area contributed by atoms with Crippen LogP contribution in [0.3, 0.4) is 0 Å². The van der Waals surface area contributed by atoms with Crippen molar-refractivity contribution in [2.24, 2.45) is 0 Å². The average molecular weight is 480 g/mol. The smallest absolute Gasteiger partial charge is 0.263 e. The number of pyridine rings is 2. The number of hydrogen-bond donors (Lipinski definition) is 2. The van der Waals surface area contributed by atoms with Gasteiger partial charge < -0.3 is 11.1 Å². The maximum atomic E-state index is 14.3. The monoisotopic (exact) mass is 480 g/mol. The van der Waals surface area contributed by atoms with Crippen LogP contribution in [-0.4, -0.2) is 14.4 Å². The van der Waals surface area contributed by atoms with Gasteiger partial charge in [-0.2, -0.15) is 5.26 Å². The summed E-state index contributed by atoms with van der Waals surface area (Å²) in [6, 6.07) is 19.6. The number of fused-ring (bicyclic) bond motifs is 1. The highest BCUT2D eigenvalue weighted by Gasteiger charge is 2.21. The minimum Gasteiger partial charge on any atom is -0.382 e. The number of nitrogens with one attached hydrogen (secondary N) is 1. The van der Waals surface area contributed by atoms with E-state index >= 15 is 0 Å². The molecule has 0 bridgehead atoms. The van der Waals surface area contributed by atoms with Crippen molar-refractivity contribution in [3.05, 3.63) is 112 Å². The SMILES string of the molecule is N#Cc1c(N)ncnc1NCc1c(-c2ccccc2)c(=O)n2cc(F)ccc2c1-c1ccc(F)cc1. The fourth-order valence-corrected chi connectivity index (χ4v) is 4.21. The molecule has 0 fully saturated rings. The minimum absolute atomic E-state index is 0.0195. The van der Waals surface area contributed by atoms with E-state index in [1.165, 1.54) is 35.0 Å². The van der Waals surface area contributed by atoms with Gasteiger partial charge in [-0.15, -0.1) is 0 Å². The zero-order chi connectivity index (χ0) is 25.2. The summed E-state index contributed by atoms with van der Waals surface area (Å²) < 4.78 is 29.3. The van der Waals surface area contributed by atoms with Gasteiger partial charge in [-0.25, -0.2) is 18.7 Å². The van der Waals surface area contributed by atoms with Crippen molar-refractivity contribution in [3.8, 4) is 28.3 Å². The summed E-state index contributed by atoms with van der Waals surface area (Å²) in [6.07, 6.45) is 2.36. The molecule has 3 aromatic heterocycles. The predicted octanol–water partition coefficient (Wildman–Crippen LogP) is 4.77. The molecule has 0 saturated carbocycles. The molecule has 0 spiro atoms. The number of rotatable bonds is 5. The number of nitrogen functional groups attached to an aromatic ring is 1. The van der Waals surface area contributed by atoms with Crippen LogP contribution in [0.25, 0.3) is 27.8 Å². The number of halogens is 2. The molecule has 36 heavy (non-hydrogen) atoms. The first-order chi connectivity index (χ1) is 17.5. The van der Waals surface area contributed by atoms with Gasteiger partial charge in [0.15, 0.2) is 0 Å². The second-order valence-electron chi connectivity index (χ2n) is 7.96. The van der Waals surface area contributed by atoms with Gasteiger partial charge in [-0.3, -0.25) is 9.20 Å². The molecule has 7 nitrogen and oxygen atoms in total. The Morgan fingerprint density at radius 2 is 1.61 bits per heavy atom. The molecule has 0 unspecified atom stereocenters. The normalized spacial score (nSPS) is 10.8. The number of hydrogen-bond acceptors (Lipinski definition) is 6. The molecule has 2 aromatic carbocycles. The molecule has 0 amide bonds. The molecule has 9 heteroatoms. The van der Waals surface area contributed by atoms with E-state index in [2.05, 4.69) is 15.3 Å². The highest BCUT2D eigenvalue weighted by Crippen LogP contribution is 2.35. The van der Waals surface area contributed by atoms with Crippen molar-refractivity contribution >= 4 is 17.2 Å². The van der Waals surface area contributed by atoms with E-state index in [9.17, 15) is 18.8 Å². The van der Waals surface area contributed by atoms with Gasteiger partial charge in [-0.1, -0.05) is 42.5 Å². The number of anilines is 2. The maximum absolute atomic E-state index is 14.3. The molecule has 0 aliphatic carbocycles. The Morgan fingerprint density at radius 3 is 2.33 bits per heavy atom. The third-order valence-corrected chi connectivity index (χ3v) is 5.82. The zero-order valence-corrected chi connectivity index (χ0v) is 18.7. The van der Waals surface area contributed by atoms with E-state index in [0.717, 1.165) is 6.20 Å².